The Morgan fingerprint density at radius 1 is 1.26 bits per heavy atom. The predicted molar refractivity (Wildman–Crippen MR) is 85.0 cm³/mol. The molecular formula is C17H25N3O3. The van der Waals surface area contributed by atoms with Gasteiger partial charge in [0.15, 0.2) is 0 Å². The second-order valence-corrected chi connectivity index (χ2v) is 6.95. The van der Waals surface area contributed by atoms with Crippen molar-refractivity contribution >= 4 is 11.9 Å². The Bertz CT molecular complexity index is 637. The Morgan fingerprint density at radius 3 is 2.57 bits per heavy atom. The monoisotopic (exact) mass is 319 g/mol. The molecule has 1 amide bonds. The van der Waals surface area contributed by atoms with Gasteiger partial charge in [-0.25, -0.2) is 4.79 Å². The van der Waals surface area contributed by atoms with Crippen molar-refractivity contribution < 1.29 is 14.7 Å². The SMILES string of the molecule is Cc1nn(C)c(C)c1CC(=O)N1[C@@H]2CCCC[C@H]2C[C@H]1C(=O)O. The lowest BCUT2D eigenvalue weighted by atomic mass is 9.84. The van der Waals surface area contributed by atoms with Crippen LogP contribution < -0.4 is 0 Å². The molecule has 0 spiro atoms. The summed E-state index contributed by atoms with van der Waals surface area (Å²) in [7, 11) is 1.86. The second kappa shape index (κ2) is 5.98. The maximum absolute atomic E-state index is 12.9. The molecule has 0 radical (unpaired) electrons. The lowest BCUT2D eigenvalue weighted by Crippen LogP contribution is -2.47. The van der Waals surface area contributed by atoms with Crippen molar-refractivity contribution in [3.63, 3.8) is 0 Å². The van der Waals surface area contributed by atoms with E-state index in [1.54, 1.807) is 9.58 Å². The van der Waals surface area contributed by atoms with E-state index in [1.807, 2.05) is 20.9 Å². The largest absolute Gasteiger partial charge is 0.480 e. The highest BCUT2D eigenvalue weighted by Gasteiger charge is 2.47. The van der Waals surface area contributed by atoms with E-state index in [-0.39, 0.29) is 18.4 Å². The summed E-state index contributed by atoms with van der Waals surface area (Å²) in [6.45, 7) is 3.85. The summed E-state index contributed by atoms with van der Waals surface area (Å²) in [5, 5.41) is 13.9. The van der Waals surface area contributed by atoms with Gasteiger partial charge in [-0.15, -0.1) is 0 Å². The van der Waals surface area contributed by atoms with Crippen LogP contribution in [0.2, 0.25) is 0 Å². The van der Waals surface area contributed by atoms with Crippen LogP contribution in [0.25, 0.3) is 0 Å². The highest BCUT2D eigenvalue weighted by atomic mass is 16.4. The summed E-state index contributed by atoms with van der Waals surface area (Å²) in [6, 6.07) is -0.553. The second-order valence-electron chi connectivity index (χ2n) is 6.95. The zero-order valence-electron chi connectivity index (χ0n) is 14.1. The van der Waals surface area contributed by atoms with Crippen molar-refractivity contribution in [2.45, 2.75) is 64.5 Å². The van der Waals surface area contributed by atoms with Gasteiger partial charge in [0.1, 0.15) is 6.04 Å². The van der Waals surface area contributed by atoms with Gasteiger partial charge in [-0.2, -0.15) is 5.10 Å². The van der Waals surface area contributed by atoms with E-state index >= 15 is 0 Å². The fraction of sp³-hybridized carbons (Fsp3) is 0.706. The lowest BCUT2D eigenvalue weighted by molar-refractivity contribution is -0.149. The van der Waals surface area contributed by atoms with Crippen LogP contribution in [-0.4, -0.2) is 43.7 Å². The number of carboxylic acids is 1. The van der Waals surface area contributed by atoms with E-state index in [9.17, 15) is 14.7 Å². The van der Waals surface area contributed by atoms with Crippen molar-refractivity contribution in [2.24, 2.45) is 13.0 Å². The average molecular weight is 319 g/mol. The number of hydrogen-bond donors (Lipinski definition) is 1. The van der Waals surface area contributed by atoms with Gasteiger partial charge in [0, 0.05) is 24.3 Å². The van der Waals surface area contributed by atoms with E-state index in [4.69, 9.17) is 0 Å². The first-order chi connectivity index (χ1) is 10.9. The van der Waals surface area contributed by atoms with E-state index in [2.05, 4.69) is 5.10 Å². The number of rotatable bonds is 3. The minimum absolute atomic E-state index is 0.0639. The molecule has 3 rings (SSSR count). The van der Waals surface area contributed by atoms with Crippen molar-refractivity contribution in [3.8, 4) is 0 Å². The molecule has 1 saturated carbocycles. The Morgan fingerprint density at radius 2 is 1.96 bits per heavy atom. The van der Waals surface area contributed by atoms with Crippen LogP contribution in [0.1, 0.15) is 49.1 Å². The number of aliphatic carboxylic acids is 1. The fourth-order valence-corrected chi connectivity index (χ4v) is 4.36. The molecule has 1 aromatic rings. The Hall–Kier alpha value is -1.85. The molecular weight excluding hydrogens is 294 g/mol. The maximum Gasteiger partial charge on any atom is 0.326 e. The number of carbonyl (C=O) groups excluding carboxylic acids is 1. The van der Waals surface area contributed by atoms with Gasteiger partial charge in [-0.3, -0.25) is 9.48 Å². The topological polar surface area (TPSA) is 75.4 Å². The molecule has 23 heavy (non-hydrogen) atoms. The zero-order valence-corrected chi connectivity index (χ0v) is 14.1. The number of amides is 1. The number of nitrogens with zero attached hydrogens (tertiary/aromatic N) is 3. The van der Waals surface area contributed by atoms with Crippen LogP contribution in [0.3, 0.4) is 0 Å². The first-order valence-electron chi connectivity index (χ1n) is 8.43. The normalized spacial score (nSPS) is 27.1. The Labute approximate surface area is 136 Å². The molecule has 0 bridgehead atoms. The van der Waals surface area contributed by atoms with Gasteiger partial charge in [0.05, 0.1) is 12.1 Å². The quantitative estimate of drug-likeness (QED) is 0.922. The number of carboxylic acid groups (broad SMARTS) is 1. The standard InChI is InChI=1S/C17H25N3O3/c1-10-13(11(2)19(3)18-10)9-16(21)20-14-7-5-4-6-12(14)8-15(20)17(22)23/h12,14-15H,4-9H2,1-3H3,(H,22,23)/t12-,14+,15-/m0/s1. The molecule has 1 aliphatic carbocycles. The molecule has 1 saturated heterocycles. The number of aromatic nitrogens is 2. The first-order valence-corrected chi connectivity index (χ1v) is 8.43. The van der Waals surface area contributed by atoms with Crippen LogP contribution in [0, 0.1) is 19.8 Å². The van der Waals surface area contributed by atoms with Gasteiger partial charge in [0.25, 0.3) is 0 Å². The summed E-state index contributed by atoms with van der Waals surface area (Å²) in [5.41, 5.74) is 2.76. The van der Waals surface area contributed by atoms with Crippen molar-refractivity contribution in [1.82, 2.24) is 14.7 Å². The number of fused-ring (bicyclic) bond motifs is 1. The number of carbonyl (C=O) groups is 2. The molecule has 0 unspecified atom stereocenters. The van der Waals surface area contributed by atoms with E-state index in [0.717, 1.165) is 42.6 Å². The number of aryl methyl sites for hydroxylation is 2. The van der Waals surface area contributed by atoms with Crippen LogP contribution in [0.4, 0.5) is 0 Å². The summed E-state index contributed by atoms with van der Waals surface area (Å²) >= 11 is 0. The van der Waals surface area contributed by atoms with Gasteiger partial charge in [-0.05, 0) is 39.0 Å². The lowest BCUT2D eigenvalue weighted by Gasteiger charge is -2.33. The summed E-state index contributed by atoms with van der Waals surface area (Å²) in [6.07, 6.45) is 5.07. The van der Waals surface area contributed by atoms with Gasteiger partial charge in [-0.1, -0.05) is 12.8 Å². The third-order valence-corrected chi connectivity index (χ3v) is 5.65. The molecule has 2 fully saturated rings. The molecule has 0 aromatic carbocycles. The van der Waals surface area contributed by atoms with Gasteiger partial charge < -0.3 is 10.0 Å². The van der Waals surface area contributed by atoms with Crippen LogP contribution in [0.5, 0.6) is 0 Å². The minimum atomic E-state index is -0.868. The third-order valence-electron chi connectivity index (χ3n) is 5.65. The smallest absolute Gasteiger partial charge is 0.326 e. The van der Waals surface area contributed by atoms with Crippen molar-refractivity contribution in [1.29, 1.82) is 0 Å². The summed E-state index contributed by atoms with van der Waals surface area (Å²) in [5.74, 6) is -0.580. The first kappa shape index (κ1) is 16.0. The summed E-state index contributed by atoms with van der Waals surface area (Å²) in [4.78, 5) is 26.2. The zero-order chi connectivity index (χ0) is 16.7. The maximum atomic E-state index is 12.9. The molecule has 1 aliphatic heterocycles. The van der Waals surface area contributed by atoms with Gasteiger partial charge in [0.2, 0.25) is 5.91 Å². The van der Waals surface area contributed by atoms with E-state index in [1.165, 1.54) is 0 Å². The third kappa shape index (κ3) is 2.75. The van der Waals surface area contributed by atoms with Crippen molar-refractivity contribution in [2.75, 3.05) is 0 Å². The number of likely N-dealkylation sites (tertiary alicyclic amines) is 1. The van der Waals surface area contributed by atoms with Crippen LogP contribution in [0.15, 0.2) is 0 Å². The highest BCUT2D eigenvalue weighted by Crippen LogP contribution is 2.40. The number of hydrogen-bond acceptors (Lipinski definition) is 3. The molecule has 126 valence electrons. The van der Waals surface area contributed by atoms with Gasteiger partial charge >= 0.3 is 5.97 Å². The van der Waals surface area contributed by atoms with E-state index < -0.39 is 12.0 Å². The average Bonchev–Trinajstić information content (AvgIpc) is 3.00. The molecule has 3 atom stereocenters. The predicted octanol–water partition coefficient (Wildman–Crippen LogP) is 1.82. The Balaban J connectivity index is 1.85. The highest BCUT2D eigenvalue weighted by molar-refractivity contribution is 5.86. The van der Waals surface area contributed by atoms with E-state index in [0.29, 0.717) is 12.3 Å². The molecule has 1 aromatic heterocycles. The van der Waals surface area contributed by atoms with Crippen LogP contribution in [-0.2, 0) is 23.1 Å². The molecule has 1 N–H and O–H groups in total. The minimum Gasteiger partial charge on any atom is -0.480 e. The summed E-state index contributed by atoms with van der Waals surface area (Å²) < 4.78 is 1.78. The molecule has 6 nitrogen and oxygen atoms in total. The fourth-order valence-electron chi connectivity index (χ4n) is 4.36. The molecule has 6 heteroatoms. The van der Waals surface area contributed by atoms with Crippen LogP contribution >= 0.6 is 0 Å². The molecule has 2 aliphatic rings. The Kier molecular flexibility index (Phi) is 4.17. The van der Waals surface area contributed by atoms with Crippen molar-refractivity contribution in [3.05, 3.63) is 17.0 Å². The molecule has 2 heterocycles.